The summed E-state index contributed by atoms with van der Waals surface area (Å²) >= 11 is 0. The first-order chi connectivity index (χ1) is 13.9. The standard InChI is InChI=1S/C22H12N2O4S/c25-22-15-7-3-6-13-18(29(26,27)28)11-10-14(20(13)15)21-23-16-8-1-4-12-5-2-9-17(19(12)16)24(21)22/h1-11H,(H,26,27,28). The van der Waals surface area contributed by atoms with Gasteiger partial charge in [-0.1, -0.05) is 36.4 Å². The Hall–Kier alpha value is -3.55. The Bertz CT molecular complexity index is 1800. The van der Waals surface area contributed by atoms with E-state index in [0.717, 1.165) is 21.8 Å². The van der Waals surface area contributed by atoms with Gasteiger partial charge in [0.15, 0.2) is 0 Å². The molecule has 0 bridgehead atoms. The molecular formula is C22H12N2O4S. The lowest BCUT2D eigenvalue weighted by molar-refractivity contribution is 0.484. The highest BCUT2D eigenvalue weighted by atomic mass is 32.2. The van der Waals surface area contributed by atoms with E-state index in [-0.39, 0.29) is 10.5 Å². The van der Waals surface area contributed by atoms with Crippen molar-refractivity contribution in [1.29, 1.82) is 0 Å². The molecule has 0 fully saturated rings. The average Bonchev–Trinajstić information content (AvgIpc) is 2.71. The smallest absolute Gasteiger partial charge is 0.282 e. The fourth-order valence-electron chi connectivity index (χ4n) is 4.34. The zero-order chi connectivity index (χ0) is 19.9. The summed E-state index contributed by atoms with van der Waals surface area (Å²) < 4.78 is 34.9. The van der Waals surface area contributed by atoms with Gasteiger partial charge in [0.2, 0.25) is 0 Å². The Morgan fingerprint density at radius 2 is 1.52 bits per heavy atom. The van der Waals surface area contributed by atoms with Gasteiger partial charge in [0, 0.05) is 26.9 Å². The van der Waals surface area contributed by atoms with Gasteiger partial charge >= 0.3 is 0 Å². The van der Waals surface area contributed by atoms with Crippen molar-refractivity contribution in [2.24, 2.45) is 0 Å². The summed E-state index contributed by atoms with van der Waals surface area (Å²) in [5.41, 5.74) is 1.67. The highest BCUT2D eigenvalue weighted by molar-refractivity contribution is 7.86. The molecule has 2 heterocycles. The predicted molar refractivity (Wildman–Crippen MR) is 112 cm³/mol. The number of pyridine rings is 1. The molecule has 0 aliphatic carbocycles. The minimum absolute atomic E-state index is 0.224. The Labute approximate surface area is 163 Å². The highest BCUT2D eigenvalue weighted by Crippen LogP contribution is 2.34. The maximum Gasteiger partial charge on any atom is 0.295 e. The number of benzene rings is 4. The molecule has 0 atom stereocenters. The van der Waals surface area contributed by atoms with E-state index in [2.05, 4.69) is 0 Å². The lowest BCUT2D eigenvalue weighted by atomic mass is 10.0. The molecule has 7 heteroatoms. The van der Waals surface area contributed by atoms with Crippen LogP contribution in [0.4, 0.5) is 0 Å². The number of nitrogens with zero attached hydrogens (tertiary/aromatic N) is 2. The van der Waals surface area contributed by atoms with Crippen LogP contribution in [-0.4, -0.2) is 22.4 Å². The first-order valence-corrected chi connectivity index (χ1v) is 10.4. The van der Waals surface area contributed by atoms with Crippen LogP contribution in [0.5, 0.6) is 0 Å². The van der Waals surface area contributed by atoms with E-state index >= 15 is 0 Å². The molecule has 0 unspecified atom stereocenters. The molecule has 6 nitrogen and oxygen atoms in total. The van der Waals surface area contributed by atoms with Crippen LogP contribution in [-0.2, 0) is 10.1 Å². The normalized spacial score (nSPS) is 12.7. The van der Waals surface area contributed by atoms with Crippen molar-refractivity contribution in [3.63, 3.8) is 0 Å². The van der Waals surface area contributed by atoms with Crippen molar-refractivity contribution in [3.05, 3.63) is 77.1 Å². The van der Waals surface area contributed by atoms with Crippen molar-refractivity contribution in [2.75, 3.05) is 0 Å². The second-order valence-corrected chi connectivity index (χ2v) is 8.43. The second-order valence-electron chi connectivity index (χ2n) is 7.04. The number of fused-ring (bicyclic) bond motifs is 3. The Kier molecular flexibility index (Phi) is 2.99. The molecule has 0 aliphatic rings. The van der Waals surface area contributed by atoms with Gasteiger partial charge in [0.25, 0.3) is 15.7 Å². The van der Waals surface area contributed by atoms with Crippen LogP contribution in [0.2, 0.25) is 0 Å². The first-order valence-electron chi connectivity index (χ1n) is 8.93. The van der Waals surface area contributed by atoms with E-state index < -0.39 is 10.1 Å². The summed E-state index contributed by atoms with van der Waals surface area (Å²) in [5.74, 6) is 0. The molecule has 6 rings (SSSR count). The van der Waals surface area contributed by atoms with Crippen LogP contribution in [0, 0.1) is 0 Å². The maximum absolute atomic E-state index is 13.5. The van der Waals surface area contributed by atoms with Crippen LogP contribution in [0.15, 0.2) is 76.4 Å². The summed E-state index contributed by atoms with van der Waals surface area (Å²) in [4.78, 5) is 18.0. The van der Waals surface area contributed by atoms with Crippen molar-refractivity contribution in [1.82, 2.24) is 9.38 Å². The third-order valence-electron chi connectivity index (χ3n) is 5.49. The molecule has 0 spiro atoms. The summed E-state index contributed by atoms with van der Waals surface area (Å²) in [6, 6.07) is 19.4. The van der Waals surface area contributed by atoms with Gasteiger partial charge in [-0.25, -0.2) is 4.98 Å². The van der Waals surface area contributed by atoms with E-state index in [9.17, 15) is 17.8 Å². The molecule has 1 N–H and O–H groups in total. The third kappa shape index (κ3) is 2.05. The SMILES string of the molecule is O=c1c2cccc3c(S(=O)(=O)O)ccc(c32)c2nc3cccc4cccc(c43)n12. The van der Waals surface area contributed by atoms with Gasteiger partial charge in [-0.05, 0) is 35.7 Å². The molecule has 0 radical (unpaired) electrons. The zero-order valence-corrected chi connectivity index (χ0v) is 15.6. The second kappa shape index (κ2) is 5.28. The molecule has 140 valence electrons. The van der Waals surface area contributed by atoms with E-state index in [1.54, 1.807) is 28.7 Å². The van der Waals surface area contributed by atoms with Crippen molar-refractivity contribution in [3.8, 4) is 0 Å². The van der Waals surface area contributed by atoms with Gasteiger partial charge in [-0.15, -0.1) is 0 Å². The van der Waals surface area contributed by atoms with Crippen LogP contribution in [0.25, 0.3) is 49.0 Å². The number of rotatable bonds is 1. The molecular weight excluding hydrogens is 388 g/mol. The lowest BCUT2D eigenvalue weighted by Crippen LogP contribution is -2.17. The Balaban J connectivity index is 2.00. The van der Waals surface area contributed by atoms with Gasteiger partial charge in [0.05, 0.1) is 11.0 Å². The zero-order valence-electron chi connectivity index (χ0n) is 14.8. The van der Waals surface area contributed by atoms with Crippen molar-refractivity contribution >= 4 is 59.1 Å². The van der Waals surface area contributed by atoms with Crippen LogP contribution in [0.1, 0.15) is 0 Å². The van der Waals surface area contributed by atoms with Crippen molar-refractivity contribution < 1.29 is 13.0 Å². The topological polar surface area (TPSA) is 88.7 Å². The minimum atomic E-state index is -4.44. The van der Waals surface area contributed by atoms with Crippen LogP contribution >= 0.6 is 0 Å². The fourth-order valence-corrected chi connectivity index (χ4v) is 5.02. The molecule has 29 heavy (non-hydrogen) atoms. The third-order valence-corrected chi connectivity index (χ3v) is 6.40. The molecule has 4 aromatic carbocycles. The van der Waals surface area contributed by atoms with Crippen LogP contribution in [0.3, 0.4) is 0 Å². The molecule has 0 amide bonds. The first kappa shape index (κ1) is 16.4. The highest BCUT2D eigenvalue weighted by Gasteiger charge is 2.21. The average molecular weight is 400 g/mol. The number of aromatic nitrogens is 2. The molecule has 0 saturated heterocycles. The lowest BCUT2D eigenvalue weighted by Gasteiger charge is -2.15. The van der Waals surface area contributed by atoms with Gasteiger partial charge < -0.3 is 0 Å². The Morgan fingerprint density at radius 1 is 0.793 bits per heavy atom. The Morgan fingerprint density at radius 3 is 2.31 bits per heavy atom. The van der Waals surface area contributed by atoms with E-state index in [1.165, 1.54) is 6.07 Å². The maximum atomic E-state index is 13.5. The minimum Gasteiger partial charge on any atom is -0.282 e. The van der Waals surface area contributed by atoms with E-state index in [1.807, 2.05) is 36.4 Å². The van der Waals surface area contributed by atoms with Crippen molar-refractivity contribution in [2.45, 2.75) is 4.90 Å². The van der Waals surface area contributed by atoms with Crippen LogP contribution < -0.4 is 5.56 Å². The summed E-state index contributed by atoms with van der Waals surface area (Å²) in [5, 5.41) is 3.69. The molecule has 2 aromatic heterocycles. The number of hydrogen-bond donors (Lipinski definition) is 1. The van der Waals surface area contributed by atoms with Gasteiger partial charge in [-0.3, -0.25) is 13.7 Å². The van der Waals surface area contributed by atoms with E-state index in [4.69, 9.17) is 4.98 Å². The summed E-state index contributed by atoms with van der Waals surface area (Å²) in [6.45, 7) is 0. The fraction of sp³-hybridized carbons (Fsp3) is 0. The number of hydrogen-bond acceptors (Lipinski definition) is 4. The predicted octanol–water partition coefficient (Wildman–Crippen LogP) is 3.99. The molecule has 6 aromatic rings. The van der Waals surface area contributed by atoms with E-state index in [0.29, 0.717) is 27.2 Å². The molecule has 0 saturated carbocycles. The quantitative estimate of drug-likeness (QED) is 0.256. The largest absolute Gasteiger partial charge is 0.295 e. The van der Waals surface area contributed by atoms with Gasteiger partial charge in [0.1, 0.15) is 10.5 Å². The molecule has 0 aliphatic heterocycles. The summed E-state index contributed by atoms with van der Waals surface area (Å²) in [7, 11) is -4.44. The monoisotopic (exact) mass is 400 g/mol. The summed E-state index contributed by atoms with van der Waals surface area (Å²) in [6.07, 6.45) is 0. The van der Waals surface area contributed by atoms with Gasteiger partial charge in [-0.2, -0.15) is 8.42 Å².